The Morgan fingerprint density at radius 3 is 1.38 bits per heavy atom. The topological polar surface area (TPSA) is 0 Å². The Morgan fingerprint density at radius 2 is 0.860 bits per heavy atom. The molecule has 12 aliphatic carbocycles. The summed E-state index contributed by atoms with van der Waals surface area (Å²) in [6.45, 7) is 0. The van der Waals surface area contributed by atoms with Crippen molar-refractivity contribution in [3.8, 4) is 0 Å². The fraction of sp³-hybridized carbons (Fsp3) is 0.360. The first-order valence-corrected chi connectivity index (χ1v) is 20.0. The summed E-state index contributed by atoms with van der Waals surface area (Å²) in [6, 6.07) is 0. The third-order valence-electron chi connectivity index (χ3n) is 15.3. The van der Waals surface area contributed by atoms with Gasteiger partial charge in [0, 0.05) is 34.5 Å². The lowest BCUT2D eigenvalue weighted by Crippen LogP contribution is -2.37. The predicted octanol–water partition coefficient (Wildman–Crippen LogP) is 12.4. The van der Waals surface area contributed by atoms with Crippen molar-refractivity contribution in [3.63, 3.8) is 0 Å². The minimum absolute atomic E-state index is 0.0723. The fourth-order valence-electron chi connectivity index (χ4n) is 13.8. The van der Waals surface area contributed by atoms with Gasteiger partial charge >= 0.3 is 0 Å². The molecule has 0 saturated heterocycles. The van der Waals surface area contributed by atoms with Gasteiger partial charge in [0.15, 0.2) is 0 Å². The molecule has 50 heavy (non-hydrogen) atoms. The van der Waals surface area contributed by atoms with E-state index in [-0.39, 0.29) is 10.8 Å². The van der Waals surface area contributed by atoms with E-state index in [0.29, 0.717) is 23.7 Å². The average Bonchev–Trinajstić information content (AvgIpc) is 3.86. The second-order valence-electron chi connectivity index (χ2n) is 16.9. The lowest BCUT2D eigenvalue weighted by Gasteiger charge is -2.44. The molecule has 6 unspecified atom stereocenters. The molecule has 0 heterocycles. The molecule has 0 fully saturated rings. The molecule has 0 N–H and O–H groups in total. The van der Waals surface area contributed by atoms with Gasteiger partial charge in [-0.3, -0.25) is 0 Å². The second kappa shape index (κ2) is 10.2. The first kappa shape index (κ1) is 28.5. The van der Waals surface area contributed by atoms with Gasteiger partial charge in [-0.1, -0.05) is 109 Å². The van der Waals surface area contributed by atoms with E-state index in [0.717, 1.165) is 0 Å². The summed E-state index contributed by atoms with van der Waals surface area (Å²) < 4.78 is 0. The zero-order chi connectivity index (χ0) is 32.6. The van der Waals surface area contributed by atoms with Gasteiger partial charge < -0.3 is 0 Å². The van der Waals surface area contributed by atoms with Gasteiger partial charge in [-0.25, -0.2) is 0 Å². The number of rotatable bonds is 1. The number of allylic oxidation sites excluding steroid dienone is 32. The van der Waals surface area contributed by atoms with Crippen molar-refractivity contribution in [2.24, 2.45) is 34.5 Å². The molecule has 0 radical (unpaired) electrons. The summed E-state index contributed by atoms with van der Waals surface area (Å²) in [4.78, 5) is 0. The van der Waals surface area contributed by atoms with E-state index in [1.807, 2.05) is 0 Å². The SMILES string of the molecule is C1=CCC2C(=C1)C1=C(C=CCC1)C21C2=C(CCC(C3=CC=C4C5=C(C=CCC5)C5(C6=C(CCC=C6)C6=CC=CCC65)C4C3)=C2)C2=CC=CCC21. The molecule has 0 bridgehead atoms. The first-order chi connectivity index (χ1) is 24.8. The van der Waals surface area contributed by atoms with E-state index in [4.69, 9.17) is 0 Å². The van der Waals surface area contributed by atoms with Crippen molar-refractivity contribution in [3.05, 3.63) is 187 Å². The van der Waals surface area contributed by atoms with Crippen LogP contribution in [0, 0.1) is 34.5 Å². The molecule has 0 aliphatic heterocycles. The molecule has 0 saturated carbocycles. The van der Waals surface area contributed by atoms with Crippen molar-refractivity contribution in [1.82, 2.24) is 0 Å². The Kier molecular flexibility index (Phi) is 5.83. The Hall–Kier alpha value is -4.16. The number of fused-ring (bicyclic) bond motifs is 16. The molecular weight excluding hydrogens is 601 g/mol. The van der Waals surface area contributed by atoms with Crippen molar-refractivity contribution in [2.45, 2.75) is 77.0 Å². The maximum absolute atomic E-state index is 2.79. The van der Waals surface area contributed by atoms with Gasteiger partial charge in [0.2, 0.25) is 0 Å². The summed E-state index contributed by atoms with van der Waals surface area (Å²) in [5.41, 5.74) is 23.6. The first-order valence-electron chi connectivity index (χ1n) is 20.0. The van der Waals surface area contributed by atoms with E-state index in [9.17, 15) is 0 Å². The Balaban J connectivity index is 1.02. The second-order valence-corrected chi connectivity index (χ2v) is 16.9. The molecule has 2 spiro atoms. The Morgan fingerprint density at radius 1 is 0.400 bits per heavy atom. The highest BCUT2D eigenvalue weighted by molar-refractivity contribution is 5.73. The zero-order valence-electron chi connectivity index (χ0n) is 29.2. The third kappa shape index (κ3) is 3.31. The van der Waals surface area contributed by atoms with Crippen LogP contribution in [-0.4, -0.2) is 0 Å². The van der Waals surface area contributed by atoms with Crippen molar-refractivity contribution >= 4 is 0 Å². The van der Waals surface area contributed by atoms with Gasteiger partial charge in [-0.05, 0) is 155 Å². The van der Waals surface area contributed by atoms with Crippen LogP contribution in [0.1, 0.15) is 77.0 Å². The lowest BCUT2D eigenvalue weighted by molar-refractivity contribution is 0.250. The summed E-state index contributed by atoms with van der Waals surface area (Å²) in [5, 5.41) is 0. The van der Waals surface area contributed by atoms with E-state index in [1.165, 1.54) is 77.0 Å². The zero-order valence-corrected chi connectivity index (χ0v) is 29.2. The molecule has 0 aromatic heterocycles. The molecule has 0 nitrogen and oxygen atoms in total. The van der Waals surface area contributed by atoms with E-state index >= 15 is 0 Å². The molecule has 12 rings (SSSR count). The summed E-state index contributed by atoms with van der Waals surface area (Å²) in [6.07, 6.45) is 59.4. The lowest BCUT2D eigenvalue weighted by atomic mass is 9.57. The minimum Gasteiger partial charge on any atom is -0.0839 e. The van der Waals surface area contributed by atoms with Crippen LogP contribution in [0.15, 0.2) is 187 Å². The van der Waals surface area contributed by atoms with Gasteiger partial charge in [0.05, 0.1) is 0 Å². The molecule has 246 valence electrons. The molecule has 6 atom stereocenters. The monoisotopic (exact) mass is 646 g/mol. The van der Waals surface area contributed by atoms with Gasteiger partial charge in [-0.2, -0.15) is 0 Å². The third-order valence-corrected chi connectivity index (χ3v) is 15.3. The molecule has 12 aliphatic rings. The summed E-state index contributed by atoms with van der Waals surface area (Å²) in [7, 11) is 0. The fourth-order valence-corrected chi connectivity index (χ4v) is 13.8. The maximum Gasteiger partial charge on any atom is 0.0351 e. The van der Waals surface area contributed by atoms with Crippen molar-refractivity contribution in [1.29, 1.82) is 0 Å². The number of hydrogen-bond donors (Lipinski definition) is 0. The van der Waals surface area contributed by atoms with E-state index < -0.39 is 0 Å². The quantitative estimate of drug-likeness (QED) is 0.266. The largest absolute Gasteiger partial charge is 0.0839 e. The van der Waals surface area contributed by atoms with Crippen LogP contribution in [0.5, 0.6) is 0 Å². The van der Waals surface area contributed by atoms with Crippen molar-refractivity contribution < 1.29 is 0 Å². The molecule has 0 aromatic carbocycles. The molecule has 0 aromatic rings. The summed E-state index contributed by atoms with van der Waals surface area (Å²) >= 11 is 0. The van der Waals surface area contributed by atoms with Crippen molar-refractivity contribution in [2.75, 3.05) is 0 Å². The number of hydrogen-bond acceptors (Lipinski definition) is 0. The van der Waals surface area contributed by atoms with Crippen LogP contribution in [0.2, 0.25) is 0 Å². The molecular formula is C50H46. The highest BCUT2D eigenvalue weighted by atomic mass is 14.7. The van der Waals surface area contributed by atoms with E-state index in [2.05, 4.69) is 109 Å². The van der Waals surface area contributed by atoms with Crippen LogP contribution in [0.25, 0.3) is 0 Å². The predicted molar refractivity (Wildman–Crippen MR) is 206 cm³/mol. The Labute approximate surface area is 298 Å². The van der Waals surface area contributed by atoms with Gasteiger partial charge in [0.25, 0.3) is 0 Å². The van der Waals surface area contributed by atoms with Crippen LogP contribution in [0.4, 0.5) is 0 Å². The maximum atomic E-state index is 2.79. The van der Waals surface area contributed by atoms with Crippen LogP contribution >= 0.6 is 0 Å². The smallest absolute Gasteiger partial charge is 0.0351 e. The normalized spacial score (nSPS) is 37.9. The van der Waals surface area contributed by atoms with Crippen LogP contribution < -0.4 is 0 Å². The minimum atomic E-state index is 0.0723. The van der Waals surface area contributed by atoms with Gasteiger partial charge in [0.1, 0.15) is 0 Å². The average molecular weight is 647 g/mol. The van der Waals surface area contributed by atoms with E-state index in [1.54, 1.807) is 78.0 Å². The molecule has 0 heteroatoms. The summed E-state index contributed by atoms with van der Waals surface area (Å²) in [5.74, 6) is 2.20. The van der Waals surface area contributed by atoms with Crippen LogP contribution in [0.3, 0.4) is 0 Å². The highest BCUT2D eigenvalue weighted by Gasteiger charge is 2.63. The Bertz CT molecular complexity index is 2210. The standard InChI is InChI=1S/C50H46/c1-7-19-41-33(13-1)34-14-2-8-20-42(34)49(41)45-23-11-5-17-37(45)39-27-25-31(29-47(39)49)32-26-28-40-38-18-6-12-24-46(38)50(48(40)30-32)43-21-9-3-15-35(43)36-16-4-10-22-44(36)50/h1,3,5,7-13,15,17,20,22,24,26,28-29,41,43,45,48H,2,4,6,14,16,18-19,21,23,25,27,30H2. The highest BCUT2D eigenvalue weighted by Crippen LogP contribution is 2.73. The van der Waals surface area contributed by atoms with Gasteiger partial charge in [-0.15, -0.1) is 0 Å². The molecule has 0 amide bonds. The van der Waals surface area contributed by atoms with Crippen LogP contribution in [-0.2, 0) is 0 Å².